The van der Waals surface area contributed by atoms with Gasteiger partial charge in [-0.05, 0) is 53.8 Å². The first kappa shape index (κ1) is 14.9. The summed E-state index contributed by atoms with van der Waals surface area (Å²) in [6, 6.07) is 12.4. The van der Waals surface area contributed by atoms with Crippen LogP contribution < -0.4 is 5.32 Å². The summed E-state index contributed by atoms with van der Waals surface area (Å²) in [7, 11) is 1.39. The molecule has 24 heavy (non-hydrogen) atoms. The molecular formula is C20H18FNO2. The minimum absolute atomic E-state index is 0.0529. The number of benzene rings is 2. The molecule has 3 nitrogen and oxygen atoms in total. The lowest BCUT2D eigenvalue weighted by atomic mass is 9.76. The highest BCUT2D eigenvalue weighted by Gasteiger charge is 2.38. The Morgan fingerprint density at radius 2 is 2.12 bits per heavy atom. The number of nitrogens with one attached hydrogen (secondary N) is 1. The number of allylic oxidation sites excluding steroid dienone is 2. The maximum absolute atomic E-state index is 13.6. The van der Waals surface area contributed by atoms with E-state index in [-0.39, 0.29) is 23.7 Å². The molecule has 1 aliphatic heterocycles. The van der Waals surface area contributed by atoms with E-state index in [1.165, 1.54) is 13.2 Å². The zero-order valence-corrected chi connectivity index (χ0v) is 13.3. The highest BCUT2D eigenvalue weighted by Crippen LogP contribution is 2.49. The molecule has 0 radical (unpaired) electrons. The normalized spacial score (nSPS) is 24.0. The fourth-order valence-electron chi connectivity index (χ4n) is 3.87. The summed E-state index contributed by atoms with van der Waals surface area (Å²) in [6.07, 6.45) is 5.29. The number of esters is 1. The monoisotopic (exact) mass is 323 g/mol. The number of halogens is 1. The van der Waals surface area contributed by atoms with Gasteiger partial charge in [0.1, 0.15) is 5.82 Å². The van der Waals surface area contributed by atoms with Crippen LogP contribution in [0.1, 0.15) is 39.9 Å². The summed E-state index contributed by atoms with van der Waals surface area (Å²) in [5, 5.41) is 3.54. The number of fused-ring (bicyclic) bond motifs is 3. The quantitative estimate of drug-likeness (QED) is 0.656. The third kappa shape index (κ3) is 2.39. The fourth-order valence-corrected chi connectivity index (χ4v) is 3.87. The first-order valence-corrected chi connectivity index (χ1v) is 8.08. The lowest BCUT2D eigenvalue weighted by Crippen LogP contribution is -2.29. The van der Waals surface area contributed by atoms with E-state index in [0.29, 0.717) is 11.5 Å². The van der Waals surface area contributed by atoms with Gasteiger partial charge in [0.2, 0.25) is 0 Å². The van der Waals surface area contributed by atoms with E-state index in [4.69, 9.17) is 4.74 Å². The van der Waals surface area contributed by atoms with Gasteiger partial charge in [-0.25, -0.2) is 9.18 Å². The van der Waals surface area contributed by atoms with Crippen LogP contribution in [0.5, 0.6) is 0 Å². The van der Waals surface area contributed by atoms with E-state index >= 15 is 0 Å². The molecule has 0 aromatic heterocycles. The Kier molecular flexibility index (Phi) is 3.60. The van der Waals surface area contributed by atoms with E-state index in [1.54, 1.807) is 18.2 Å². The van der Waals surface area contributed by atoms with Gasteiger partial charge in [0.25, 0.3) is 0 Å². The number of ether oxygens (including phenoxy) is 1. The maximum Gasteiger partial charge on any atom is 0.337 e. The van der Waals surface area contributed by atoms with Gasteiger partial charge in [0, 0.05) is 11.6 Å². The minimum atomic E-state index is -0.330. The van der Waals surface area contributed by atoms with Gasteiger partial charge in [0.05, 0.1) is 18.7 Å². The summed E-state index contributed by atoms with van der Waals surface area (Å²) in [5.41, 5.74) is 3.60. The summed E-state index contributed by atoms with van der Waals surface area (Å²) in [6.45, 7) is 0. The van der Waals surface area contributed by atoms with Gasteiger partial charge in [-0.1, -0.05) is 24.3 Å². The zero-order valence-electron chi connectivity index (χ0n) is 13.3. The van der Waals surface area contributed by atoms with Gasteiger partial charge >= 0.3 is 5.97 Å². The second-order valence-electron chi connectivity index (χ2n) is 6.32. The van der Waals surface area contributed by atoms with Crippen LogP contribution in [0.25, 0.3) is 0 Å². The number of carbonyl (C=O) groups is 1. The molecule has 2 aliphatic rings. The van der Waals surface area contributed by atoms with Crippen molar-refractivity contribution in [1.29, 1.82) is 0 Å². The van der Waals surface area contributed by atoms with Crippen LogP contribution in [-0.4, -0.2) is 13.1 Å². The smallest absolute Gasteiger partial charge is 0.337 e. The lowest BCUT2D eigenvalue weighted by molar-refractivity contribution is 0.0600. The predicted octanol–water partition coefficient (Wildman–Crippen LogP) is 4.44. The van der Waals surface area contributed by atoms with Gasteiger partial charge in [-0.3, -0.25) is 0 Å². The van der Waals surface area contributed by atoms with Gasteiger partial charge < -0.3 is 10.1 Å². The Hall–Kier alpha value is -2.62. The van der Waals surface area contributed by atoms with Crippen LogP contribution in [0.2, 0.25) is 0 Å². The molecule has 4 rings (SSSR count). The lowest BCUT2D eigenvalue weighted by Gasteiger charge is -2.37. The number of rotatable bonds is 2. The molecule has 1 heterocycles. The van der Waals surface area contributed by atoms with Crippen molar-refractivity contribution in [2.75, 3.05) is 12.4 Å². The summed E-state index contributed by atoms with van der Waals surface area (Å²) in [5.74, 6) is -0.0152. The SMILES string of the molecule is COC(=O)c1ccc2c(c1)[C@@H]1C=CC[C@H]1[C@@H](c1cccc(F)c1)N2. The predicted molar refractivity (Wildman–Crippen MR) is 90.5 cm³/mol. The van der Waals surface area contributed by atoms with Crippen molar-refractivity contribution in [2.24, 2.45) is 5.92 Å². The van der Waals surface area contributed by atoms with Crippen LogP contribution in [0.15, 0.2) is 54.6 Å². The van der Waals surface area contributed by atoms with Gasteiger partial charge in [0.15, 0.2) is 0 Å². The Morgan fingerprint density at radius 3 is 2.92 bits per heavy atom. The largest absolute Gasteiger partial charge is 0.465 e. The molecule has 4 heteroatoms. The summed E-state index contributed by atoms with van der Waals surface area (Å²) in [4.78, 5) is 11.8. The average molecular weight is 323 g/mol. The second-order valence-corrected chi connectivity index (χ2v) is 6.32. The highest BCUT2D eigenvalue weighted by molar-refractivity contribution is 5.90. The van der Waals surface area contributed by atoms with Crippen LogP contribution >= 0.6 is 0 Å². The van der Waals surface area contributed by atoms with E-state index in [0.717, 1.165) is 23.2 Å². The molecule has 1 N–H and O–H groups in total. The van der Waals surface area contributed by atoms with E-state index in [9.17, 15) is 9.18 Å². The number of methoxy groups -OCH3 is 1. The van der Waals surface area contributed by atoms with Crippen molar-refractivity contribution < 1.29 is 13.9 Å². The molecule has 3 atom stereocenters. The Labute approximate surface area is 140 Å². The molecule has 2 aromatic rings. The van der Waals surface area contributed by atoms with Crippen LogP contribution in [0.4, 0.5) is 10.1 Å². The summed E-state index contributed by atoms with van der Waals surface area (Å²) < 4.78 is 18.5. The van der Waals surface area contributed by atoms with E-state index in [2.05, 4.69) is 17.5 Å². The van der Waals surface area contributed by atoms with Crippen LogP contribution in [0.3, 0.4) is 0 Å². The molecule has 0 spiro atoms. The van der Waals surface area contributed by atoms with Crippen LogP contribution in [0, 0.1) is 11.7 Å². The van der Waals surface area contributed by atoms with E-state index < -0.39 is 0 Å². The molecule has 2 aromatic carbocycles. The number of hydrogen-bond acceptors (Lipinski definition) is 3. The van der Waals surface area contributed by atoms with Crippen molar-refractivity contribution in [3.63, 3.8) is 0 Å². The Bertz CT molecular complexity index is 830. The number of carbonyl (C=O) groups excluding carboxylic acids is 1. The van der Waals surface area contributed by atoms with Crippen LogP contribution in [-0.2, 0) is 4.74 Å². The second kappa shape index (κ2) is 5.78. The standard InChI is InChI=1S/C20H18FNO2/c1-24-20(23)13-8-9-18-17(11-13)15-6-3-7-16(15)19(22-18)12-4-2-5-14(21)10-12/h2-6,8-11,15-16,19,22H,7H2,1H3/t15-,16-,19-/m1/s1. The summed E-state index contributed by atoms with van der Waals surface area (Å²) >= 11 is 0. The van der Waals surface area contributed by atoms with Crippen molar-refractivity contribution in [3.05, 3.63) is 77.1 Å². The molecule has 0 saturated carbocycles. The first-order chi connectivity index (χ1) is 11.7. The molecular weight excluding hydrogens is 305 g/mol. The van der Waals surface area contributed by atoms with Gasteiger partial charge in [-0.2, -0.15) is 0 Å². The molecule has 1 aliphatic carbocycles. The molecule has 0 bridgehead atoms. The molecule has 122 valence electrons. The highest BCUT2D eigenvalue weighted by atomic mass is 19.1. The van der Waals surface area contributed by atoms with Crippen molar-refractivity contribution in [2.45, 2.75) is 18.4 Å². The fraction of sp³-hybridized carbons (Fsp3) is 0.250. The number of hydrogen-bond donors (Lipinski definition) is 1. The van der Waals surface area contributed by atoms with Crippen molar-refractivity contribution in [1.82, 2.24) is 0 Å². The van der Waals surface area contributed by atoms with Crippen molar-refractivity contribution >= 4 is 11.7 Å². The molecule has 0 amide bonds. The average Bonchev–Trinajstić information content (AvgIpc) is 3.10. The van der Waals surface area contributed by atoms with Gasteiger partial charge in [-0.15, -0.1) is 0 Å². The zero-order chi connectivity index (χ0) is 16.7. The van der Waals surface area contributed by atoms with E-state index in [1.807, 2.05) is 18.2 Å². The molecule has 0 unspecified atom stereocenters. The topological polar surface area (TPSA) is 38.3 Å². The third-order valence-electron chi connectivity index (χ3n) is 4.99. The number of anilines is 1. The third-order valence-corrected chi connectivity index (χ3v) is 4.99. The maximum atomic E-state index is 13.6. The molecule has 0 saturated heterocycles. The first-order valence-electron chi connectivity index (χ1n) is 8.08. The Balaban J connectivity index is 1.76. The Morgan fingerprint density at radius 1 is 1.25 bits per heavy atom. The minimum Gasteiger partial charge on any atom is -0.465 e. The van der Waals surface area contributed by atoms with Crippen molar-refractivity contribution in [3.8, 4) is 0 Å². The molecule has 0 fully saturated rings.